The van der Waals surface area contributed by atoms with Crippen LogP contribution in [0.1, 0.15) is 38.5 Å². The number of rotatable bonds is 4. The van der Waals surface area contributed by atoms with E-state index in [1.54, 1.807) is 4.90 Å². The monoisotopic (exact) mass is 283 g/mol. The van der Waals surface area contributed by atoms with E-state index in [9.17, 15) is 19.6 Å². The van der Waals surface area contributed by atoms with Gasteiger partial charge in [0.1, 0.15) is 11.7 Å². The highest BCUT2D eigenvalue weighted by molar-refractivity contribution is 5.79. The first-order chi connectivity index (χ1) is 9.58. The van der Waals surface area contributed by atoms with Crippen molar-refractivity contribution >= 4 is 5.91 Å². The van der Waals surface area contributed by atoms with Gasteiger partial charge in [0.25, 0.3) is 0 Å². The summed E-state index contributed by atoms with van der Waals surface area (Å²) in [5.41, 5.74) is -0.751. The summed E-state index contributed by atoms with van der Waals surface area (Å²) in [5, 5.41) is 21.3. The number of hydrogen-bond donors (Lipinski definition) is 2. The van der Waals surface area contributed by atoms with Gasteiger partial charge < -0.3 is 10.4 Å². The fraction of sp³-hybridized carbons (Fsp3) is 0.857. The van der Waals surface area contributed by atoms with Crippen molar-refractivity contribution in [2.24, 2.45) is 0 Å². The number of alkyl halides is 1. The summed E-state index contributed by atoms with van der Waals surface area (Å²) in [6.45, 7) is 0.0877. The van der Waals surface area contributed by atoms with Crippen molar-refractivity contribution in [1.29, 1.82) is 5.26 Å². The lowest BCUT2D eigenvalue weighted by atomic mass is 9.83. The Hall–Kier alpha value is -1.19. The second kappa shape index (κ2) is 6.51. The molecule has 0 bridgehead atoms. The smallest absolute Gasteiger partial charge is 0.235 e. The molecule has 1 aliphatic heterocycles. The number of carbonyl (C=O) groups excluding carboxylic acids is 1. The van der Waals surface area contributed by atoms with Crippen molar-refractivity contribution in [3.8, 4) is 6.07 Å². The number of nitrogens with one attached hydrogen (secondary N) is 1. The minimum Gasteiger partial charge on any atom is -0.395 e. The number of carbonyl (C=O) groups is 1. The van der Waals surface area contributed by atoms with E-state index in [0.717, 1.165) is 19.3 Å². The predicted molar refractivity (Wildman–Crippen MR) is 71.5 cm³/mol. The zero-order valence-electron chi connectivity index (χ0n) is 11.6. The van der Waals surface area contributed by atoms with Crippen LogP contribution in [0.15, 0.2) is 0 Å². The molecule has 2 fully saturated rings. The molecule has 1 saturated heterocycles. The van der Waals surface area contributed by atoms with Gasteiger partial charge in [-0.25, -0.2) is 4.39 Å². The van der Waals surface area contributed by atoms with Gasteiger partial charge in [0.2, 0.25) is 5.91 Å². The maximum atomic E-state index is 13.3. The Kier molecular flexibility index (Phi) is 4.95. The molecule has 112 valence electrons. The van der Waals surface area contributed by atoms with Crippen molar-refractivity contribution < 1.29 is 14.3 Å². The van der Waals surface area contributed by atoms with Crippen LogP contribution in [0, 0.1) is 11.3 Å². The second-order valence-electron chi connectivity index (χ2n) is 5.90. The lowest BCUT2D eigenvalue weighted by Crippen LogP contribution is -2.52. The number of hydrogen-bond acceptors (Lipinski definition) is 4. The molecule has 5 nitrogen and oxygen atoms in total. The number of amides is 1. The highest BCUT2D eigenvalue weighted by atomic mass is 19.1. The fourth-order valence-electron chi connectivity index (χ4n) is 3.22. The molecule has 1 heterocycles. The van der Waals surface area contributed by atoms with Gasteiger partial charge in [0, 0.05) is 12.6 Å². The van der Waals surface area contributed by atoms with Crippen molar-refractivity contribution in [2.75, 3.05) is 19.7 Å². The van der Waals surface area contributed by atoms with Crippen LogP contribution in [0.2, 0.25) is 0 Å². The van der Waals surface area contributed by atoms with Gasteiger partial charge in [0.05, 0.1) is 19.2 Å². The Bertz CT molecular complexity index is 390. The quantitative estimate of drug-likeness (QED) is 0.797. The molecule has 2 rings (SSSR count). The molecule has 1 saturated carbocycles. The largest absolute Gasteiger partial charge is 0.395 e. The van der Waals surface area contributed by atoms with Crippen LogP contribution in [0.3, 0.4) is 0 Å². The molecule has 0 spiro atoms. The lowest BCUT2D eigenvalue weighted by molar-refractivity contribution is -0.124. The Morgan fingerprint density at radius 3 is 2.75 bits per heavy atom. The molecule has 0 unspecified atom stereocenters. The van der Waals surface area contributed by atoms with E-state index in [2.05, 4.69) is 11.4 Å². The lowest BCUT2D eigenvalue weighted by Gasteiger charge is -2.32. The average molecular weight is 283 g/mol. The zero-order chi connectivity index (χ0) is 14.6. The van der Waals surface area contributed by atoms with E-state index >= 15 is 0 Å². The minimum atomic E-state index is -0.987. The topological polar surface area (TPSA) is 76.4 Å². The van der Waals surface area contributed by atoms with Crippen LogP contribution in [-0.4, -0.2) is 53.4 Å². The third-order valence-electron chi connectivity index (χ3n) is 4.33. The van der Waals surface area contributed by atoms with Crippen LogP contribution < -0.4 is 5.32 Å². The first kappa shape index (κ1) is 15.2. The van der Waals surface area contributed by atoms with Crippen LogP contribution in [0.25, 0.3) is 0 Å². The van der Waals surface area contributed by atoms with E-state index in [4.69, 9.17) is 0 Å². The van der Waals surface area contributed by atoms with E-state index in [1.807, 2.05) is 0 Å². The summed E-state index contributed by atoms with van der Waals surface area (Å²) in [7, 11) is 0. The van der Waals surface area contributed by atoms with Crippen molar-refractivity contribution in [3.05, 3.63) is 0 Å². The maximum absolute atomic E-state index is 13.3. The van der Waals surface area contributed by atoms with Gasteiger partial charge in [-0.3, -0.25) is 9.69 Å². The molecule has 0 aromatic heterocycles. The van der Waals surface area contributed by atoms with Gasteiger partial charge in [-0.1, -0.05) is 19.3 Å². The Balaban J connectivity index is 1.90. The molecule has 2 N–H and O–H groups in total. The maximum Gasteiger partial charge on any atom is 0.235 e. The third-order valence-corrected chi connectivity index (χ3v) is 4.33. The SMILES string of the molecule is N#CC1(NC(=O)CN2C[C@@H](F)C[C@H]2CO)CCCCC1. The molecule has 2 atom stereocenters. The highest BCUT2D eigenvalue weighted by Gasteiger charge is 2.36. The Morgan fingerprint density at radius 1 is 1.45 bits per heavy atom. The van der Waals surface area contributed by atoms with Gasteiger partial charge in [-0.15, -0.1) is 0 Å². The second-order valence-corrected chi connectivity index (χ2v) is 5.90. The van der Waals surface area contributed by atoms with E-state index in [-0.39, 0.29) is 38.1 Å². The van der Waals surface area contributed by atoms with Gasteiger partial charge in [-0.05, 0) is 19.3 Å². The van der Waals surface area contributed by atoms with E-state index in [0.29, 0.717) is 12.8 Å². The zero-order valence-corrected chi connectivity index (χ0v) is 11.6. The number of nitriles is 1. The molecular weight excluding hydrogens is 261 g/mol. The normalized spacial score (nSPS) is 29.9. The van der Waals surface area contributed by atoms with Crippen molar-refractivity contribution in [1.82, 2.24) is 10.2 Å². The summed E-state index contributed by atoms with van der Waals surface area (Å²) < 4.78 is 13.3. The summed E-state index contributed by atoms with van der Waals surface area (Å²) >= 11 is 0. The molecule has 1 aliphatic carbocycles. The number of halogens is 1. The Labute approximate surface area is 118 Å². The summed E-state index contributed by atoms with van der Waals surface area (Å²) in [5.74, 6) is -0.249. The number of aliphatic hydroxyl groups excluding tert-OH is 1. The molecule has 0 aromatic carbocycles. The summed E-state index contributed by atoms with van der Waals surface area (Å²) in [6.07, 6.45) is 3.65. The van der Waals surface area contributed by atoms with Gasteiger partial charge in [-0.2, -0.15) is 5.26 Å². The van der Waals surface area contributed by atoms with Crippen LogP contribution in [0.4, 0.5) is 4.39 Å². The van der Waals surface area contributed by atoms with Crippen LogP contribution in [0.5, 0.6) is 0 Å². The van der Waals surface area contributed by atoms with Crippen LogP contribution in [-0.2, 0) is 4.79 Å². The first-order valence-electron chi connectivity index (χ1n) is 7.30. The molecule has 1 amide bonds. The Morgan fingerprint density at radius 2 is 2.15 bits per heavy atom. The fourth-order valence-corrected chi connectivity index (χ4v) is 3.22. The first-order valence-corrected chi connectivity index (χ1v) is 7.30. The highest BCUT2D eigenvalue weighted by Crippen LogP contribution is 2.27. The van der Waals surface area contributed by atoms with E-state index < -0.39 is 11.7 Å². The van der Waals surface area contributed by atoms with Crippen LogP contribution >= 0.6 is 0 Å². The number of likely N-dealkylation sites (tertiary alicyclic amines) is 1. The molecule has 0 aromatic rings. The summed E-state index contributed by atoms with van der Waals surface area (Å²) in [6, 6.07) is 1.94. The standard InChI is InChI=1S/C14H22FN3O2/c15-11-6-12(9-19)18(7-11)8-13(20)17-14(10-16)4-2-1-3-5-14/h11-12,19H,1-9H2,(H,17,20)/t11-,12-/m0/s1. The van der Waals surface area contributed by atoms with Crippen molar-refractivity contribution in [2.45, 2.75) is 56.3 Å². The van der Waals surface area contributed by atoms with Gasteiger partial charge >= 0.3 is 0 Å². The number of aliphatic hydroxyl groups is 1. The van der Waals surface area contributed by atoms with E-state index in [1.165, 1.54) is 0 Å². The average Bonchev–Trinajstić information content (AvgIpc) is 2.79. The molecular formula is C14H22FN3O2. The molecule has 6 heteroatoms. The third kappa shape index (κ3) is 3.47. The van der Waals surface area contributed by atoms with Crippen molar-refractivity contribution in [3.63, 3.8) is 0 Å². The van der Waals surface area contributed by atoms with Gasteiger partial charge in [0.15, 0.2) is 0 Å². The molecule has 20 heavy (non-hydrogen) atoms. The summed E-state index contributed by atoms with van der Waals surface area (Å²) in [4.78, 5) is 13.8. The minimum absolute atomic E-state index is 0.0507. The molecule has 0 radical (unpaired) electrons. The predicted octanol–water partition coefficient (Wildman–Crippen LogP) is 0.734. The molecule has 2 aliphatic rings. The number of nitrogens with zero attached hydrogens (tertiary/aromatic N) is 2.